The maximum Gasteiger partial charge on any atom is 0.330 e. The van der Waals surface area contributed by atoms with Gasteiger partial charge in [-0.15, -0.1) is 6.58 Å². The summed E-state index contributed by atoms with van der Waals surface area (Å²) in [5, 5.41) is 16.8. The molecule has 0 spiro atoms. The van der Waals surface area contributed by atoms with Crippen molar-refractivity contribution in [2.75, 3.05) is 0 Å². The van der Waals surface area contributed by atoms with Gasteiger partial charge in [-0.3, -0.25) is 0 Å². The highest BCUT2D eigenvalue weighted by Crippen LogP contribution is 2.06. The summed E-state index contributed by atoms with van der Waals surface area (Å²) in [6, 6.07) is 1.83. The lowest BCUT2D eigenvalue weighted by Crippen LogP contribution is -1.98. The minimum atomic E-state index is -0.961. The average molecular weight is 177 g/mol. The van der Waals surface area contributed by atoms with Crippen LogP contribution in [0.3, 0.4) is 0 Å². The van der Waals surface area contributed by atoms with Gasteiger partial charge < -0.3 is 5.11 Å². The highest BCUT2D eigenvalue weighted by Gasteiger charge is 2.01. The molecule has 0 aromatic heterocycles. The lowest BCUT2D eigenvalue weighted by atomic mass is 10.1. The first-order chi connectivity index (χ1) is 6.11. The molecule has 1 N–H and O–H groups in total. The second-order valence-electron chi connectivity index (χ2n) is 2.46. The monoisotopic (exact) mass is 177 g/mol. The molecule has 0 bridgehead atoms. The van der Waals surface area contributed by atoms with Gasteiger partial charge in [0.1, 0.15) is 0 Å². The fourth-order valence-corrected chi connectivity index (χ4v) is 0.716. The van der Waals surface area contributed by atoms with Gasteiger partial charge in [0.2, 0.25) is 0 Å². The molecule has 0 aliphatic carbocycles. The standard InChI is InChI=1S/C10H11NO2/c1-3-9(5-4-6-11)7-8(2)10(12)13/h3-5,7,9H,1H2,2H3,(H,12,13). The molecule has 0 saturated heterocycles. The highest BCUT2D eigenvalue weighted by atomic mass is 16.4. The zero-order chi connectivity index (χ0) is 10.3. The number of rotatable bonds is 4. The lowest BCUT2D eigenvalue weighted by molar-refractivity contribution is -0.132. The van der Waals surface area contributed by atoms with Gasteiger partial charge in [0.15, 0.2) is 0 Å². The number of nitriles is 1. The van der Waals surface area contributed by atoms with E-state index in [1.807, 2.05) is 6.07 Å². The van der Waals surface area contributed by atoms with E-state index in [9.17, 15) is 4.79 Å². The van der Waals surface area contributed by atoms with Crippen LogP contribution in [0.1, 0.15) is 6.92 Å². The number of carbonyl (C=O) groups is 1. The molecule has 0 fully saturated rings. The van der Waals surface area contributed by atoms with Crippen LogP contribution in [-0.2, 0) is 4.79 Å². The van der Waals surface area contributed by atoms with Crippen LogP contribution >= 0.6 is 0 Å². The number of nitrogens with zero attached hydrogens (tertiary/aromatic N) is 1. The third kappa shape index (κ3) is 4.59. The third-order valence-corrected chi connectivity index (χ3v) is 1.44. The van der Waals surface area contributed by atoms with Crippen LogP contribution < -0.4 is 0 Å². The molecule has 1 atom stereocenters. The Kier molecular flexibility index (Phi) is 4.97. The summed E-state index contributed by atoms with van der Waals surface area (Å²) >= 11 is 0. The van der Waals surface area contributed by atoms with E-state index >= 15 is 0 Å². The fraction of sp³-hybridized carbons (Fsp3) is 0.200. The number of hydrogen-bond acceptors (Lipinski definition) is 2. The average Bonchev–Trinajstić information content (AvgIpc) is 2.11. The Balaban J connectivity index is 4.55. The van der Waals surface area contributed by atoms with E-state index in [1.165, 1.54) is 19.1 Å². The molecule has 3 heteroatoms. The molecule has 13 heavy (non-hydrogen) atoms. The molecule has 0 heterocycles. The minimum absolute atomic E-state index is 0.198. The van der Waals surface area contributed by atoms with Crippen molar-refractivity contribution < 1.29 is 9.90 Å². The van der Waals surface area contributed by atoms with Gasteiger partial charge in [-0.25, -0.2) is 4.79 Å². The van der Waals surface area contributed by atoms with Crippen LogP contribution in [0.2, 0.25) is 0 Å². The molecule has 0 aliphatic rings. The van der Waals surface area contributed by atoms with Gasteiger partial charge in [0.05, 0.1) is 6.07 Å². The first kappa shape index (κ1) is 11.2. The summed E-state index contributed by atoms with van der Waals surface area (Å²) in [5.41, 5.74) is 0.243. The van der Waals surface area contributed by atoms with E-state index in [0.29, 0.717) is 0 Å². The summed E-state index contributed by atoms with van der Waals surface area (Å²) in [6.07, 6.45) is 5.99. The van der Waals surface area contributed by atoms with Crippen LogP contribution in [0, 0.1) is 17.2 Å². The smallest absolute Gasteiger partial charge is 0.330 e. The van der Waals surface area contributed by atoms with Crippen LogP contribution in [0.15, 0.2) is 36.5 Å². The van der Waals surface area contributed by atoms with Gasteiger partial charge in [-0.1, -0.05) is 18.2 Å². The fourth-order valence-electron chi connectivity index (χ4n) is 0.716. The summed E-state index contributed by atoms with van der Waals surface area (Å²) in [5.74, 6) is -1.16. The second kappa shape index (κ2) is 5.78. The zero-order valence-corrected chi connectivity index (χ0v) is 7.40. The first-order valence-electron chi connectivity index (χ1n) is 3.72. The second-order valence-corrected chi connectivity index (χ2v) is 2.46. The van der Waals surface area contributed by atoms with E-state index in [2.05, 4.69) is 6.58 Å². The molecular formula is C10H11NO2. The first-order valence-corrected chi connectivity index (χ1v) is 3.72. The van der Waals surface area contributed by atoms with Crippen molar-refractivity contribution in [2.45, 2.75) is 6.92 Å². The predicted molar refractivity (Wildman–Crippen MR) is 49.8 cm³/mol. The Morgan fingerprint density at radius 3 is 2.69 bits per heavy atom. The van der Waals surface area contributed by atoms with E-state index in [0.717, 1.165) is 0 Å². The molecule has 68 valence electrons. The van der Waals surface area contributed by atoms with Gasteiger partial charge in [-0.05, 0) is 6.92 Å². The van der Waals surface area contributed by atoms with Crippen molar-refractivity contribution in [1.29, 1.82) is 5.26 Å². The van der Waals surface area contributed by atoms with E-state index in [1.54, 1.807) is 12.2 Å². The Morgan fingerprint density at radius 1 is 1.69 bits per heavy atom. The molecule has 0 aromatic rings. The predicted octanol–water partition coefficient (Wildman–Crippen LogP) is 1.90. The molecular weight excluding hydrogens is 166 g/mol. The number of carboxylic acids is 1. The van der Waals surface area contributed by atoms with Crippen molar-refractivity contribution in [2.24, 2.45) is 5.92 Å². The molecule has 0 rings (SSSR count). The van der Waals surface area contributed by atoms with E-state index < -0.39 is 5.97 Å². The zero-order valence-electron chi connectivity index (χ0n) is 7.40. The van der Waals surface area contributed by atoms with Crippen molar-refractivity contribution in [3.05, 3.63) is 36.5 Å². The Morgan fingerprint density at radius 2 is 2.31 bits per heavy atom. The van der Waals surface area contributed by atoms with E-state index in [-0.39, 0.29) is 11.5 Å². The Bertz CT molecular complexity index is 295. The number of carboxylic acid groups (broad SMARTS) is 1. The summed E-state index contributed by atoms with van der Waals surface area (Å²) in [7, 11) is 0. The van der Waals surface area contributed by atoms with Crippen LogP contribution in [0.5, 0.6) is 0 Å². The summed E-state index contributed by atoms with van der Waals surface area (Å²) in [6.45, 7) is 5.03. The van der Waals surface area contributed by atoms with E-state index in [4.69, 9.17) is 10.4 Å². The van der Waals surface area contributed by atoms with Crippen molar-refractivity contribution >= 4 is 5.97 Å². The lowest BCUT2D eigenvalue weighted by Gasteiger charge is -1.99. The molecule has 0 aliphatic heterocycles. The van der Waals surface area contributed by atoms with Crippen LogP contribution in [0.4, 0.5) is 0 Å². The molecule has 3 nitrogen and oxygen atoms in total. The summed E-state index contributed by atoms with van der Waals surface area (Å²) < 4.78 is 0. The van der Waals surface area contributed by atoms with Crippen LogP contribution in [0.25, 0.3) is 0 Å². The number of aliphatic carboxylic acids is 1. The maximum absolute atomic E-state index is 10.4. The van der Waals surface area contributed by atoms with Gasteiger partial charge in [-0.2, -0.15) is 5.26 Å². The SMILES string of the molecule is C=CC(C=CC#N)C=C(C)C(=O)O. The molecule has 0 saturated carbocycles. The molecule has 1 unspecified atom stereocenters. The third-order valence-electron chi connectivity index (χ3n) is 1.44. The largest absolute Gasteiger partial charge is 0.478 e. The topological polar surface area (TPSA) is 61.1 Å². The van der Waals surface area contributed by atoms with Crippen LogP contribution in [-0.4, -0.2) is 11.1 Å². The van der Waals surface area contributed by atoms with Gasteiger partial charge in [0.25, 0.3) is 0 Å². The quantitative estimate of drug-likeness (QED) is 0.405. The van der Waals surface area contributed by atoms with Crippen molar-refractivity contribution in [3.8, 4) is 6.07 Å². The number of allylic oxidation sites excluding steroid dienone is 4. The van der Waals surface area contributed by atoms with Crippen molar-refractivity contribution in [3.63, 3.8) is 0 Å². The van der Waals surface area contributed by atoms with Gasteiger partial charge in [0, 0.05) is 17.6 Å². The highest BCUT2D eigenvalue weighted by molar-refractivity contribution is 5.85. The number of hydrogen-bond donors (Lipinski definition) is 1. The van der Waals surface area contributed by atoms with Gasteiger partial charge >= 0.3 is 5.97 Å². The molecule has 0 radical (unpaired) electrons. The maximum atomic E-state index is 10.4. The Hall–Kier alpha value is -1.82. The molecule has 0 amide bonds. The molecule has 0 aromatic carbocycles. The minimum Gasteiger partial charge on any atom is -0.478 e. The summed E-state index contributed by atoms with van der Waals surface area (Å²) in [4.78, 5) is 10.4. The Labute approximate surface area is 77.3 Å². The normalized spacial score (nSPS) is 13.7. The van der Waals surface area contributed by atoms with Crippen molar-refractivity contribution in [1.82, 2.24) is 0 Å².